The molecule has 2 N–H and O–H groups in total. The number of methoxy groups -OCH3 is 2. The number of rotatable bonds is 8. The monoisotopic (exact) mass is 370 g/mol. The van der Waals surface area contributed by atoms with E-state index in [2.05, 4.69) is 15.4 Å². The number of hydrogen-bond donors (Lipinski definition) is 2. The smallest absolute Gasteiger partial charge is 0.411 e. The minimum absolute atomic E-state index is 0.0105. The number of ketones is 1. The summed E-state index contributed by atoms with van der Waals surface area (Å²) in [5, 5.41) is 5.28. The highest BCUT2D eigenvalue weighted by Gasteiger charge is 2.09. The van der Waals surface area contributed by atoms with Crippen LogP contribution >= 0.6 is 0 Å². The van der Waals surface area contributed by atoms with Crippen molar-refractivity contribution < 1.29 is 23.9 Å². The Balaban J connectivity index is 1.75. The van der Waals surface area contributed by atoms with Gasteiger partial charge in [0.1, 0.15) is 5.75 Å². The first-order valence-electron chi connectivity index (χ1n) is 8.44. The summed E-state index contributed by atoms with van der Waals surface area (Å²) in [6.07, 6.45) is 0.429. The maximum atomic E-state index is 12.1. The van der Waals surface area contributed by atoms with Crippen LogP contribution < -0.4 is 15.4 Å². The van der Waals surface area contributed by atoms with Crippen molar-refractivity contribution >= 4 is 29.2 Å². The Labute approximate surface area is 157 Å². The third-order valence-corrected chi connectivity index (χ3v) is 3.82. The lowest BCUT2D eigenvalue weighted by Gasteiger charge is -2.07. The van der Waals surface area contributed by atoms with Crippen molar-refractivity contribution in [1.29, 1.82) is 0 Å². The number of Topliss-reactive ketones (excluding diaryl/α,β-unsaturated/α-hetero) is 1. The molecule has 0 saturated carbocycles. The largest absolute Gasteiger partial charge is 0.497 e. The molecule has 0 saturated heterocycles. The zero-order chi connectivity index (χ0) is 19.6. The summed E-state index contributed by atoms with van der Waals surface area (Å²) in [5.74, 6) is 0.508. The summed E-state index contributed by atoms with van der Waals surface area (Å²) in [4.78, 5) is 35.2. The quantitative estimate of drug-likeness (QED) is 0.688. The fraction of sp³-hybridized carbons (Fsp3) is 0.250. The van der Waals surface area contributed by atoms with Gasteiger partial charge in [-0.05, 0) is 55.0 Å². The van der Waals surface area contributed by atoms with Crippen LogP contribution in [0.25, 0.3) is 0 Å². The van der Waals surface area contributed by atoms with Crippen LogP contribution in [0.15, 0.2) is 48.5 Å². The lowest BCUT2D eigenvalue weighted by Crippen LogP contribution is -2.13. The van der Waals surface area contributed by atoms with E-state index in [0.717, 1.165) is 0 Å². The average molecular weight is 370 g/mol. The Kier molecular flexibility index (Phi) is 7.37. The van der Waals surface area contributed by atoms with Crippen LogP contribution in [0.4, 0.5) is 16.2 Å². The molecule has 0 aliphatic rings. The van der Waals surface area contributed by atoms with E-state index in [0.29, 0.717) is 35.5 Å². The topological polar surface area (TPSA) is 93.7 Å². The standard InChI is InChI=1S/C20H22N2O5/c1-26-17-12-6-14(7-13-17)18(23)4-3-5-19(24)21-15-8-10-16(11-9-15)22-20(25)27-2/h6-13H,3-5H2,1-2H3,(H,21,24)(H,22,25). The van der Waals surface area contributed by atoms with Gasteiger partial charge in [0.05, 0.1) is 14.2 Å². The molecule has 0 bridgehead atoms. The first-order chi connectivity index (χ1) is 13.0. The van der Waals surface area contributed by atoms with E-state index in [9.17, 15) is 14.4 Å². The maximum absolute atomic E-state index is 12.1. The highest BCUT2D eigenvalue weighted by Crippen LogP contribution is 2.16. The zero-order valence-corrected chi connectivity index (χ0v) is 15.3. The van der Waals surface area contributed by atoms with E-state index >= 15 is 0 Å². The highest BCUT2D eigenvalue weighted by molar-refractivity contribution is 5.97. The van der Waals surface area contributed by atoms with Crippen molar-refractivity contribution in [3.05, 3.63) is 54.1 Å². The lowest BCUT2D eigenvalue weighted by molar-refractivity contribution is -0.116. The van der Waals surface area contributed by atoms with Gasteiger partial charge in [-0.1, -0.05) is 0 Å². The van der Waals surface area contributed by atoms with Gasteiger partial charge in [0, 0.05) is 29.8 Å². The molecular formula is C20H22N2O5. The summed E-state index contributed by atoms with van der Waals surface area (Å²) >= 11 is 0. The summed E-state index contributed by atoms with van der Waals surface area (Å²) in [7, 11) is 2.85. The van der Waals surface area contributed by atoms with Gasteiger partial charge in [-0.3, -0.25) is 14.9 Å². The van der Waals surface area contributed by atoms with Crippen molar-refractivity contribution in [1.82, 2.24) is 0 Å². The molecule has 0 aromatic heterocycles. The molecular weight excluding hydrogens is 348 g/mol. The molecule has 0 heterocycles. The molecule has 142 valence electrons. The second-order valence-corrected chi connectivity index (χ2v) is 5.75. The van der Waals surface area contributed by atoms with Crippen molar-refractivity contribution in [2.24, 2.45) is 0 Å². The molecule has 2 aromatic rings. The number of amides is 2. The number of anilines is 2. The molecule has 7 nitrogen and oxygen atoms in total. The van der Waals surface area contributed by atoms with E-state index in [4.69, 9.17) is 4.74 Å². The Morgan fingerprint density at radius 3 is 1.96 bits per heavy atom. The molecule has 0 fully saturated rings. The molecule has 2 rings (SSSR count). The van der Waals surface area contributed by atoms with Crippen LogP contribution in [-0.4, -0.2) is 32.0 Å². The van der Waals surface area contributed by atoms with Crippen molar-refractivity contribution in [2.45, 2.75) is 19.3 Å². The summed E-state index contributed by atoms with van der Waals surface area (Å²) in [6, 6.07) is 13.5. The van der Waals surface area contributed by atoms with Gasteiger partial charge >= 0.3 is 6.09 Å². The van der Waals surface area contributed by atoms with E-state index in [1.54, 1.807) is 55.6 Å². The Morgan fingerprint density at radius 2 is 1.41 bits per heavy atom. The number of nitrogens with one attached hydrogen (secondary N) is 2. The van der Waals surface area contributed by atoms with Gasteiger partial charge in [0.25, 0.3) is 0 Å². The molecule has 2 amide bonds. The van der Waals surface area contributed by atoms with E-state index in [-0.39, 0.29) is 18.1 Å². The van der Waals surface area contributed by atoms with Gasteiger partial charge in [-0.25, -0.2) is 4.79 Å². The van der Waals surface area contributed by atoms with Crippen LogP contribution in [0.1, 0.15) is 29.6 Å². The predicted molar refractivity (Wildman–Crippen MR) is 102 cm³/mol. The highest BCUT2D eigenvalue weighted by atomic mass is 16.5. The number of benzene rings is 2. The third kappa shape index (κ3) is 6.47. The zero-order valence-electron chi connectivity index (χ0n) is 15.3. The van der Waals surface area contributed by atoms with Crippen LogP contribution in [0.2, 0.25) is 0 Å². The Morgan fingerprint density at radius 1 is 0.815 bits per heavy atom. The molecule has 27 heavy (non-hydrogen) atoms. The van der Waals surface area contributed by atoms with E-state index in [1.807, 2.05) is 0 Å². The molecule has 0 unspecified atom stereocenters. The minimum atomic E-state index is -0.562. The number of carbonyl (C=O) groups is 3. The Hall–Kier alpha value is -3.35. The minimum Gasteiger partial charge on any atom is -0.497 e. The van der Waals surface area contributed by atoms with Crippen LogP contribution in [0.3, 0.4) is 0 Å². The normalized spacial score (nSPS) is 10.0. The van der Waals surface area contributed by atoms with E-state index < -0.39 is 6.09 Å². The van der Waals surface area contributed by atoms with E-state index in [1.165, 1.54) is 7.11 Å². The Bertz CT molecular complexity index is 785. The van der Waals surface area contributed by atoms with Gasteiger partial charge in [0.15, 0.2) is 5.78 Å². The molecule has 0 aliphatic carbocycles. The summed E-state index contributed by atoms with van der Waals surface area (Å²) in [6.45, 7) is 0. The van der Waals surface area contributed by atoms with Gasteiger partial charge in [0.2, 0.25) is 5.91 Å². The maximum Gasteiger partial charge on any atom is 0.411 e. The number of ether oxygens (including phenoxy) is 2. The molecule has 0 aliphatic heterocycles. The molecule has 0 spiro atoms. The second kappa shape index (κ2) is 9.96. The molecule has 0 radical (unpaired) electrons. The fourth-order valence-corrected chi connectivity index (χ4v) is 2.36. The van der Waals surface area contributed by atoms with Gasteiger partial charge in [-0.15, -0.1) is 0 Å². The van der Waals surface area contributed by atoms with Crippen molar-refractivity contribution in [2.75, 3.05) is 24.9 Å². The molecule has 2 aromatic carbocycles. The fourth-order valence-electron chi connectivity index (χ4n) is 2.36. The van der Waals surface area contributed by atoms with Crippen LogP contribution in [-0.2, 0) is 9.53 Å². The first kappa shape index (κ1) is 20.0. The SMILES string of the molecule is COC(=O)Nc1ccc(NC(=O)CCCC(=O)c2ccc(OC)cc2)cc1. The van der Waals surface area contributed by atoms with Crippen LogP contribution in [0, 0.1) is 0 Å². The molecule has 0 atom stereocenters. The van der Waals surface area contributed by atoms with Gasteiger partial charge < -0.3 is 14.8 Å². The number of carbonyl (C=O) groups excluding carboxylic acids is 3. The van der Waals surface area contributed by atoms with Gasteiger partial charge in [-0.2, -0.15) is 0 Å². The molecule has 7 heteroatoms. The first-order valence-corrected chi connectivity index (χ1v) is 8.44. The number of hydrogen-bond acceptors (Lipinski definition) is 5. The summed E-state index contributed by atoms with van der Waals surface area (Å²) in [5.41, 5.74) is 1.77. The average Bonchev–Trinajstić information content (AvgIpc) is 2.69. The second-order valence-electron chi connectivity index (χ2n) is 5.75. The van der Waals surface area contributed by atoms with Crippen LogP contribution in [0.5, 0.6) is 5.75 Å². The predicted octanol–water partition coefficient (Wildman–Crippen LogP) is 3.87. The lowest BCUT2D eigenvalue weighted by atomic mass is 10.1. The van der Waals surface area contributed by atoms with Crippen molar-refractivity contribution in [3.63, 3.8) is 0 Å². The van der Waals surface area contributed by atoms with Crippen molar-refractivity contribution in [3.8, 4) is 5.75 Å². The summed E-state index contributed by atoms with van der Waals surface area (Å²) < 4.78 is 9.56. The third-order valence-electron chi connectivity index (χ3n) is 3.82.